The Morgan fingerprint density at radius 1 is 0.425 bits per heavy atom. The second-order valence-electron chi connectivity index (χ2n) is 6.86. The largest absolute Gasteiger partial charge is 2.00 e. The Hall–Kier alpha value is -4.08. The second-order valence-corrected chi connectivity index (χ2v) is 6.86. The molecular formula is C16H44Cu2N20O2. The van der Waals surface area contributed by atoms with E-state index in [1.54, 1.807) is 56.4 Å². The Bertz CT molecular complexity index is 686. The molecule has 0 aromatic carbocycles. The van der Waals surface area contributed by atoms with E-state index < -0.39 is 0 Å². The molecule has 0 saturated heterocycles. The van der Waals surface area contributed by atoms with Gasteiger partial charge in [0.2, 0.25) is 0 Å². The third-order valence-corrected chi connectivity index (χ3v) is 2.60. The third-order valence-electron chi connectivity index (χ3n) is 2.60. The van der Waals surface area contributed by atoms with Crippen LogP contribution in [0.5, 0.6) is 0 Å². The fraction of sp³-hybridized carbons (Fsp3) is 0.500. The predicted octanol–water partition coefficient (Wildman–Crippen LogP) is -2.26. The van der Waals surface area contributed by atoms with Gasteiger partial charge in [-0.25, -0.2) is 0 Å². The summed E-state index contributed by atoms with van der Waals surface area (Å²) in [5.41, 5.74) is 46.2. The van der Waals surface area contributed by atoms with Gasteiger partial charge in [-0.05, 0) is 0 Å². The molecule has 2 radical (unpaired) electrons. The molecule has 24 heteroatoms. The summed E-state index contributed by atoms with van der Waals surface area (Å²) < 4.78 is 0. The van der Waals surface area contributed by atoms with Crippen LogP contribution >= 0.6 is 0 Å². The molecule has 0 aromatic heterocycles. The van der Waals surface area contributed by atoms with Gasteiger partial charge in [0.1, 0.15) is 23.8 Å². The molecule has 0 spiro atoms. The molecule has 0 bridgehead atoms. The maximum absolute atomic E-state index is 7.01. The minimum atomic E-state index is -0.339. The van der Waals surface area contributed by atoms with Crippen LogP contribution in [0.15, 0.2) is 20.0 Å². The molecule has 0 aliphatic rings. The van der Waals surface area contributed by atoms with Crippen molar-refractivity contribution in [1.82, 2.24) is 19.6 Å². The number of nitrogens with one attached hydrogen (secondary N) is 8. The molecule has 0 saturated carbocycles. The van der Waals surface area contributed by atoms with Crippen molar-refractivity contribution in [2.24, 2.45) is 42.9 Å². The van der Waals surface area contributed by atoms with Gasteiger partial charge >= 0.3 is 34.1 Å². The minimum absolute atomic E-state index is 0. The van der Waals surface area contributed by atoms with Crippen molar-refractivity contribution in [3.05, 3.63) is 22.9 Å². The number of nitrogens with two attached hydrogens (primary N) is 4. The first-order valence-corrected chi connectivity index (χ1v) is 9.42. The minimum Gasteiger partial charge on any atom is -0.454 e. The Morgan fingerprint density at radius 2 is 0.525 bits per heavy atom. The van der Waals surface area contributed by atoms with E-state index in [-0.39, 0.29) is 92.8 Å². The van der Waals surface area contributed by atoms with Crippen LogP contribution in [0.3, 0.4) is 0 Å². The van der Waals surface area contributed by atoms with Gasteiger partial charge < -0.3 is 96.4 Å². The van der Waals surface area contributed by atoms with Crippen LogP contribution in [0.1, 0.15) is 0 Å². The van der Waals surface area contributed by atoms with Crippen LogP contribution in [-0.2, 0) is 34.1 Å². The van der Waals surface area contributed by atoms with Crippen molar-refractivity contribution in [2.45, 2.75) is 0 Å². The molecule has 0 aliphatic carbocycles. The molecule has 20 N–H and O–H groups in total. The van der Waals surface area contributed by atoms with E-state index in [9.17, 15) is 0 Å². The molecule has 0 amide bonds. The van der Waals surface area contributed by atoms with Gasteiger partial charge in [-0.15, -0.1) is 0 Å². The molecular weight excluding hydrogens is 631 g/mol. The fourth-order valence-electron chi connectivity index (χ4n) is 0.856. The summed E-state index contributed by atoms with van der Waals surface area (Å²) in [6.45, 7) is 0. The maximum atomic E-state index is 7.01. The van der Waals surface area contributed by atoms with Crippen molar-refractivity contribution >= 4 is 47.7 Å². The van der Waals surface area contributed by atoms with Gasteiger partial charge in [0, 0.05) is 80.2 Å². The maximum Gasteiger partial charge on any atom is 2.00 e. The number of guanidine groups is 8. The number of aliphatic imine (C=N–C) groups is 4. The summed E-state index contributed by atoms with van der Waals surface area (Å²) in [5, 5.41) is 28.0. The van der Waals surface area contributed by atoms with Gasteiger partial charge in [0.05, 0.1) is 0 Å². The van der Waals surface area contributed by atoms with E-state index >= 15 is 0 Å². The summed E-state index contributed by atoms with van der Waals surface area (Å²) in [6, 6.07) is 0. The first kappa shape index (κ1) is 56.2. The molecule has 0 fully saturated rings. The zero-order valence-corrected chi connectivity index (χ0v) is 25.4. The van der Waals surface area contributed by atoms with Crippen LogP contribution in [0.4, 0.5) is 0 Å². The van der Waals surface area contributed by atoms with Crippen molar-refractivity contribution in [3.8, 4) is 0 Å². The van der Waals surface area contributed by atoms with E-state index in [4.69, 9.17) is 67.5 Å². The van der Waals surface area contributed by atoms with Gasteiger partial charge in [-0.3, -0.25) is 21.6 Å². The van der Waals surface area contributed by atoms with Crippen molar-refractivity contribution < 1.29 is 45.1 Å². The van der Waals surface area contributed by atoms with Crippen LogP contribution in [0, 0.1) is 21.6 Å². The number of nitrogens with zero attached hydrogens (tertiary/aromatic N) is 8. The van der Waals surface area contributed by atoms with Crippen molar-refractivity contribution in [1.29, 1.82) is 21.6 Å². The average Bonchev–Trinajstić information content (AvgIpc) is 2.67. The van der Waals surface area contributed by atoms with Crippen LogP contribution in [0.25, 0.3) is 22.9 Å². The SMILES string of the molecule is CN(C)C(=N)/N=C(\[NH-])N.CN(C)C(=N)/N=C(\[NH-])N.CN(C)C(=N)/N=C(\[NH-])N.CN(C)C(=N)/N=C(\[NH-])N.O.O.[Cu+2].[Cu+2]. The molecule has 0 atom stereocenters. The van der Waals surface area contributed by atoms with E-state index in [1.165, 1.54) is 19.6 Å². The quantitative estimate of drug-likeness (QED) is 0.0785. The van der Waals surface area contributed by atoms with Gasteiger partial charge in [0.15, 0.2) is 0 Å². The summed E-state index contributed by atoms with van der Waals surface area (Å²) in [6.07, 6.45) is 0. The van der Waals surface area contributed by atoms with Crippen LogP contribution in [0.2, 0.25) is 0 Å². The van der Waals surface area contributed by atoms with E-state index in [2.05, 4.69) is 20.0 Å². The van der Waals surface area contributed by atoms with E-state index in [1.807, 2.05) is 0 Å². The summed E-state index contributed by atoms with van der Waals surface area (Å²) in [7, 11) is 13.3. The monoisotopic (exact) mass is 674 g/mol. The van der Waals surface area contributed by atoms with Crippen LogP contribution < -0.4 is 22.9 Å². The van der Waals surface area contributed by atoms with Gasteiger partial charge in [0.25, 0.3) is 0 Å². The first-order valence-electron chi connectivity index (χ1n) is 9.42. The Balaban J connectivity index is -0.0000000551. The molecule has 0 aromatic rings. The standard InChI is InChI=1S/4C4H10N5.2Cu.2H2O/c4*1-9(2)4(7)8-3(5)6;;;;/h4*1-2H3,(H4-,5,6,7,8);;;2*1H2/q4*-1;2*+2;;. The molecule has 242 valence electrons. The van der Waals surface area contributed by atoms with Crippen LogP contribution in [-0.4, -0.2) is 135 Å². The Labute approximate surface area is 255 Å². The molecule has 22 nitrogen and oxygen atoms in total. The Kier molecular flexibility index (Phi) is 43.7. The van der Waals surface area contributed by atoms with E-state index in [0.29, 0.717) is 0 Å². The van der Waals surface area contributed by atoms with Crippen molar-refractivity contribution in [2.75, 3.05) is 56.4 Å². The summed E-state index contributed by atoms with van der Waals surface area (Å²) >= 11 is 0. The molecule has 0 unspecified atom stereocenters. The zero-order chi connectivity index (χ0) is 29.8. The van der Waals surface area contributed by atoms with Crippen molar-refractivity contribution in [3.63, 3.8) is 0 Å². The first-order chi connectivity index (χ1) is 16.1. The summed E-state index contributed by atoms with van der Waals surface area (Å²) in [5.74, 6) is -1.40. The molecule has 0 heterocycles. The second kappa shape index (κ2) is 31.1. The number of hydrogen-bond acceptors (Lipinski definition) is 4. The number of hydrogen-bond donors (Lipinski definition) is 8. The van der Waals surface area contributed by atoms with Gasteiger partial charge in [-0.1, -0.05) is 0 Å². The van der Waals surface area contributed by atoms with Gasteiger partial charge in [-0.2, -0.15) is 0 Å². The molecule has 0 aliphatic heterocycles. The topological polar surface area (TPSA) is 420 Å². The van der Waals surface area contributed by atoms with E-state index in [0.717, 1.165) is 0 Å². The molecule has 0 rings (SSSR count). The molecule has 40 heavy (non-hydrogen) atoms. The third kappa shape index (κ3) is 47.2. The fourth-order valence-corrected chi connectivity index (χ4v) is 0.856. The number of rotatable bonds is 0. The average molecular weight is 676 g/mol. The normalized spacial score (nSPS) is 10.0. The predicted molar refractivity (Wildman–Crippen MR) is 157 cm³/mol. The summed E-state index contributed by atoms with van der Waals surface area (Å²) in [4.78, 5) is 19.2. The zero-order valence-electron chi connectivity index (χ0n) is 23.5. The Morgan fingerprint density at radius 3 is 0.550 bits per heavy atom. The smallest absolute Gasteiger partial charge is 0.454 e.